The molecule has 0 spiro atoms. The minimum atomic E-state index is -3.32. The highest BCUT2D eigenvalue weighted by Gasteiger charge is 2.24. The first-order valence-corrected chi connectivity index (χ1v) is 7.04. The summed E-state index contributed by atoms with van der Waals surface area (Å²) in [6.07, 6.45) is 2.73. The molecule has 1 aliphatic rings. The zero-order valence-electron chi connectivity index (χ0n) is 9.41. The lowest BCUT2D eigenvalue weighted by atomic mass is 10.0. The molecule has 1 saturated heterocycles. The molecule has 2 unspecified atom stereocenters. The van der Waals surface area contributed by atoms with Crippen LogP contribution in [0, 0.1) is 0 Å². The molecule has 1 fully saturated rings. The van der Waals surface area contributed by atoms with Gasteiger partial charge in [0.2, 0.25) is 0 Å². The Hall–Kier alpha value is -0.170. The third-order valence-electron chi connectivity index (χ3n) is 2.61. The average Bonchev–Trinajstić information content (AvgIpc) is 2.18. The lowest BCUT2D eigenvalue weighted by Crippen LogP contribution is -2.54. The average molecular weight is 235 g/mol. The van der Waals surface area contributed by atoms with Crippen LogP contribution in [0.15, 0.2) is 0 Å². The molecule has 6 heteroatoms. The molecular weight excluding hydrogens is 214 g/mol. The molecule has 0 amide bonds. The molecule has 5 nitrogen and oxygen atoms in total. The third-order valence-corrected chi connectivity index (χ3v) is 3.81. The predicted molar refractivity (Wildman–Crippen MR) is 60.8 cm³/mol. The normalized spacial score (nSPS) is 27.9. The van der Waals surface area contributed by atoms with E-state index in [0.717, 1.165) is 25.8 Å². The van der Waals surface area contributed by atoms with E-state index in [1.807, 2.05) is 13.8 Å². The largest absolute Gasteiger partial charge is 0.313 e. The van der Waals surface area contributed by atoms with E-state index in [0.29, 0.717) is 6.54 Å². The number of hydrogen-bond donors (Lipinski definition) is 3. The maximum atomic E-state index is 11.6. The highest BCUT2D eigenvalue weighted by molar-refractivity contribution is 7.87. The molecule has 0 aromatic rings. The first-order valence-electron chi connectivity index (χ1n) is 5.55. The molecule has 3 N–H and O–H groups in total. The van der Waals surface area contributed by atoms with Crippen LogP contribution in [-0.4, -0.2) is 33.6 Å². The van der Waals surface area contributed by atoms with Crippen molar-refractivity contribution >= 4 is 10.2 Å². The number of nitrogens with one attached hydrogen (secondary N) is 3. The topological polar surface area (TPSA) is 70.2 Å². The van der Waals surface area contributed by atoms with Crippen molar-refractivity contribution < 1.29 is 8.42 Å². The molecule has 0 saturated carbocycles. The van der Waals surface area contributed by atoms with Crippen LogP contribution in [0.25, 0.3) is 0 Å². The molecule has 0 aliphatic carbocycles. The fourth-order valence-corrected chi connectivity index (χ4v) is 2.96. The zero-order valence-corrected chi connectivity index (χ0v) is 10.2. The summed E-state index contributed by atoms with van der Waals surface area (Å²) >= 11 is 0. The lowest BCUT2D eigenvalue weighted by Gasteiger charge is -2.30. The Morgan fingerprint density at radius 3 is 2.80 bits per heavy atom. The van der Waals surface area contributed by atoms with E-state index < -0.39 is 10.2 Å². The van der Waals surface area contributed by atoms with Gasteiger partial charge in [-0.15, -0.1) is 0 Å². The fraction of sp³-hybridized carbons (Fsp3) is 1.00. The highest BCUT2D eigenvalue weighted by atomic mass is 32.2. The van der Waals surface area contributed by atoms with Crippen molar-refractivity contribution in [1.29, 1.82) is 0 Å². The van der Waals surface area contributed by atoms with Crippen molar-refractivity contribution in [3.05, 3.63) is 0 Å². The zero-order chi connectivity index (χ0) is 11.3. The molecule has 0 aromatic carbocycles. The van der Waals surface area contributed by atoms with Crippen LogP contribution in [-0.2, 0) is 10.2 Å². The summed E-state index contributed by atoms with van der Waals surface area (Å²) in [6.45, 7) is 5.41. The number of piperidine rings is 1. The Kier molecular flexibility index (Phi) is 4.98. The van der Waals surface area contributed by atoms with E-state index >= 15 is 0 Å². The smallest absolute Gasteiger partial charge is 0.277 e. The van der Waals surface area contributed by atoms with Crippen molar-refractivity contribution in [2.75, 3.05) is 13.1 Å². The van der Waals surface area contributed by atoms with Gasteiger partial charge in [0.25, 0.3) is 10.2 Å². The van der Waals surface area contributed by atoms with Gasteiger partial charge in [-0.2, -0.15) is 13.1 Å². The fourth-order valence-electron chi connectivity index (χ4n) is 1.68. The summed E-state index contributed by atoms with van der Waals surface area (Å²) < 4.78 is 28.3. The second-order valence-corrected chi connectivity index (χ2v) is 5.54. The van der Waals surface area contributed by atoms with Gasteiger partial charge < -0.3 is 5.32 Å². The Morgan fingerprint density at radius 1 is 1.47 bits per heavy atom. The van der Waals surface area contributed by atoms with Crippen LogP contribution in [0.1, 0.15) is 33.1 Å². The molecule has 2 atom stereocenters. The van der Waals surface area contributed by atoms with E-state index in [2.05, 4.69) is 14.8 Å². The van der Waals surface area contributed by atoms with Crippen molar-refractivity contribution in [3.8, 4) is 0 Å². The molecule has 0 bridgehead atoms. The quantitative estimate of drug-likeness (QED) is 0.626. The van der Waals surface area contributed by atoms with Gasteiger partial charge in [-0.05, 0) is 32.7 Å². The van der Waals surface area contributed by atoms with Gasteiger partial charge >= 0.3 is 0 Å². The van der Waals surface area contributed by atoms with Gasteiger partial charge in [0.15, 0.2) is 0 Å². The summed E-state index contributed by atoms with van der Waals surface area (Å²) in [5, 5.41) is 3.26. The molecular formula is C9H21N3O2S. The molecule has 1 aliphatic heterocycles. The maximum absolute atomic E-state index is 11.6. The minimum absolute atomic E-state index is 0.00751. The molecule has 90 valence electrons. The highest BCUT2D eigenvalue weighted by Crippen LogP contribution is 2.08. The van der Waals surface area contributed by atoms with Gasteiger partial charge in [0.05, 0.1) is 0 Å². The second-order valence-electron chi connectivity index (χ2n) is 4.01. The van der Waals surface area contributed by atoms with Gasteiger partial charge in [0.1, 0.15) is 0 Å². The maximum Gasteiger partial charge on any atom is 0.277 e. The summed E-state index contributed by atoms with van der Waals surface area (Å²) in [5.74, 6) is 0. The molecule has 0 radical (unpaired) electrons. The van der Waals surface area contributed by atoms with Crippen LogP contribution >= 0.6 is 0 Å². The van der Waals surface area contributed by atoms with Crippen LogP contribution in [0.4, 0.5) is 0 Å². The van der Waals surface area contributed by atoms with Crippen molar-refractivity contribution in [1.82, 2.24) is 14.8 Å². The van der Waals surface area contributed by atoms with Crippen LogP contribution in [0.2, 0.25) is 0 Å². The Labute approximate surface area is 92.2 Å². The molecule has 1 rings (SSSR count). The van der Waals surface area contributed by atoms with E-state index in [9.17, 15) is 8.42 Å². The van der Waals surface area contributed by atoms with Crippen LogP contribution in [0.5, 0.6) is 0 Å². The van der Waals surface area contributed by atoms with Gasteiger partial charge in [-0.1, -0.05) is 6.92 Å². The number of rotatable bonds is 5. The monoisotopic (exact) mass is 235 g/mol. The van der Waals surface area contributed by atoms with Gasteiger partial charge in [-0.3, -0.25) is 0 Å². The summed E-state index contributed by atoms with van der Waals surface area (Å²) in [4.78, 5) is 0. The predicted octanol–water partition coefficient (Wildman–Crippen LogP) is -0.0391. The van der Waals surface area contributed by atoms with E-state index in [-0.39, 0.29) is 12.1 Å². The van der Waals surface area contributed by atoms with Crippen LogP contribution < -0.4 is 14.8 Å². The van der Waals surface area contributed by atoms with Crippen molar-refractivity contribution in [2.24, 2.45) is 0 Å². The Bertz CT molecular complexity index is 279. The van der Waals surface area contributed by atoms with E-state index in [4.69, 9.17) is 0 Å². The van der Waals surface area contributed by atoms with Gasteiger partial charge in [0, 0.05) is 18.6 Å². The first-order chi connectivity index (χ1) is 7.05. The summed E-state index contributed by atoms with van der Waals surface area (Å²) in [6, 6.07) is 0.213. The Balaban J connectivity index is 2.44. The third kappa shape index (κ3) is 4.46. The lowest BCUT2D eigenvalue weighted by molar-refractivity contribution is 0.347. The molecule has 15 heavy (non-hydrogen) atoms. The van der Waals surface area contributed by atoms with Gasteiger partial charge in [-0.25, -0.2) is 4.72 Å². The summed E-state index contributed by atoms with van der Waals surface area (Å²) in [5.41, 5.74) is 0. The molecule has 0 aromatic heterocycles. The van der Waals surface area contributed by atoms with Crippen molar-refractivity contribution in [2.45, 2.75) is 45.2 Å². The SMILES string of the molecule is CCCNS(=O)(=O)NC1CCCNC1C. The number of hydrogen-bond acceptors (Lipinski definition) is 3. The minimum Gasteiger partial charge on any atom is -0.313 e. The van der Waals surface area contributed by atoms with Crippen molar-refractivity contribution in [3.63, 3.8) is 0 Å². The van der Waals surface area contributed by atoms with Crippen LogP contribution in [0.3, 0.4) is 0 Å². The Morgan fingerprint density at radius 2 is 2.20 bits per heavy atom. The standard InChI is InChI=1S/C9H21N3O2S/c1-3-6-11-15(13,14)12-9-5-4-7-10-8(9)2/h8-12H,3-7H2,1-2H3. The summed E-state index contributed by atoms with van der Waals surface area (Å²) in [7, 11) is -3.32. The van der Waals surface area contributed by atoms with E-state index in [1.165, 1.54) is 0 Å². The molecule has 1 heterocycles. The first kappa shape index (κ1) is 12.9. The second kappa shape index (κ2) is 5.79. The van der Waals surface area contributed by atoms with E-state index in [1.54, 1.807) is 0 Å².